The first-order chi connectivity index (χ1) is 11.7. The lowest BCUT2D eigenvalue weighted by molar-refractivity contribution is -0.129. The van der Waals surface area contributed by atoms with Gasteiger partial charge in [-0.05, 0) is 36.2 Å². The summed E-state index contributed by atoms with van der Waals surface area (Å²) in [6, 6.07) is 14.0. The van der Waals surface area contributed by atoms with Crippen LogP contribution in [0.2, 0.25) is 0 Å². The normalized spacial score (nSPS) is 12.0. The zero-order chi connectivity index (χ0) is 17.4. The van der Waals surface area contributed by atoms with Crippen LogP contribution < -0.4 is 14.9 Å². The molecule has 6 heteroatoms. The highest BCUT2D eigenvalue weighted by atomic mass is 16.5. The number of hydrazone groups is 1. The Morgan fingerprint density at radius 2 is 2.00 bits per heavy atom. The van der Waals surface area contributed by atoms with Gasteiger partial charge >= 0.3 is 0 Å². The van der Waals surface area contributed by atoms with Crippen LogP contribution in [0.15, 0.2) is 53.6 Å². The topological polar surface area (TPSA) is 80.2 Å². The Labute approximate surface area is 140 Å². The van der Waals surface area contributed by atoms with Crippen molar-refractivity contribution in [2.45, 2.75) is 13.0 Å². The Balaban J connectivity index is 1.99. The summed E-state index contributed by atoms with van der Waals surface area (Å²) in [5.41, 5.74) is 3.55. The molecule has 126 valence electrons. The second-order valence-corrected chi connectivity index (χ2v) is 4.89. The molecule has 1 atom stereocenters. The van der Waals surface area contributed by atoms with Crippen molar-refractivity contribution in [1.29, 1.82) is 0 Å². The lowest BCUT2D eigenvalue weighted by Crippen LogP contribution is -2.25. The molecule has 1 amide bonds. The van der Waals surface area contributed by atoms with Gasteiger partial charge in [-0.15, -0.1) is 0 Å². The highest BCUT2D eigenvalue weighted by molar-refractivity contribution is 5.85. The molecule has 2 rings (SSSR count). The molecular formula is C18H20N2O4. The standard InChI is InChI=1S/C18H20N2O4/c1-3-24-15-10-9-13(11-16(15)23-2)12-19-20-18(22)17(21)14-7-5-4-6-8-14/h4-12,17,21H,3H2,1-2H3,(H,20,22)/b19-12-/t17-/m0/s1. The Morgan fingerprint density at radius 1 is 1.25 bits per heavy atom. The molecule has 2 aromatic carbocycles. The van der Waals surface area contributed by atoms with Crippen molar-refractivity contribution < 1.29 is 19.4 Å². The van der Waals surface area contributed by atoms with E-state index in [2.05, 4.69) is 10.5 Å². The fourth-order valence-electron chi connectivity index (χ4n) is 2.06. The van der Waals surface area contributed by atoms with Crippen LogP contribution in [0.3, 0.4) is 0 Å². The average Bonchev–Trinajstić information content (AvgIpc) is 2.63. The van der Waals surface area contributed by atoms with Crippen LogP contribution in [0, 0.1) is 0 Å². The summed E-state index contributed by atoms with van der Waals surface area (Å²) in [7, 11) is 1.55. The molecule has 0 bridgehead atoms. The van der Waals surface area contributed by atoms with Crippen molar-refractivity contribution in [3.8, 4) is 11.5 Å². The predicted octanol–water partition coefficient (Wildman–Crippen LogP) is 2.28. The monoisotopic (exact) mass is 328 g/mol. The van der Waals surface area contributed by atoms with Gasteiger partial charge in [0.15, 0.2) is 17.6 Å². The molecule has 0 aliphatic carbocycles. The van der Waals surface area contributed by atoms with Gasteiger partial charge in [-0.3, -0.25) is 4.79 Å². The van der Waals surface area contributed by atoms with Crippen molar-refractivity contribution in [2.24, 2.45) is 5.10 Å². The van der Waals surface area contributed by atoms with Crippen molar-refractivity contribution >= 4 is 12.1 Å². The molecule has 0 radical (unpaired) electrons. The number of aliphatic hydroxyl groups excluding tert-OH is 1. The molecule has 0 aromatic heterocycles. The molecule has 0 fully saturated rings. The predicted molar refractivity (Wildman–Crippen MR) is 91.3 cm³/mol. The van der Waals surface area contributed by atoms with Crippen molar-refractivity contribution in [2.75, 3.05) is 13.7 Å². The van der Waals surface area contributed by atoms with Crippen LogP contribution in [0.4, 0.5) is 0 Å². The van der Waals surface area contributed by atoms with E-state index in [1.54, 1.807) is 49.6 Å². The van der Waals surface area contributed by atoms with Crippen LogP contribution >= 0.6 is 0 Å². The summed E-state index contributed by atoms with van der Waals surface area (Å²) in [6.45, 7) is 2.43. The van der Waals surface area contributed by atoms with E-state index < -0.39 is 12.0 Å². The van der Waals surface area contributed by atoms with Gasteiger partial charge < -0.3 is 14.6 Å². The molecule has 24 heavy (non-hydrogen) atoms. The third-order valence-corrected chi connectivity index (χ3v) is 3.24. The quantitative estimate of drug-likeness (QED) is 0.603. The fourth-order valence-corrected chi connectivity index (χ4v) is 2.06. The van der Waals surface area contributed by atoms with Gasteiger partial charge in [0, 0.05) is 0 Å². The minimum absolute atomic E-state index is 0.507. The lowest BCUT2D eigenvalue weighted by atomic mass is 10.1. The van der Waals surface area contributed by atoms with Crippen LogP contribution in [0.25, 0.3) is 0 Å². The first-order valence-corrected chi connectivity index (χ1v) is 7.52. The number of methoxy groups -OCH3 is 1. The second kappa shape index (κ2) is 8.69. The van der Waals surface area contributed by atoms with E-state index in [1.165, 1.54) is 6.21 Å². The van der Waals surface area contributed by atoms with E-state index in [9.17, 15) is 9.90 Å². The third kappa shape index (κ3) is 4.57. The summed E-state index contributed by atoms with van der Waals surface area (Å²) < 4.78 is 10.7. The molecule has 0 saturated carbocycles. The van der Waals surface area contributed by atoms with Gasteiger partial charge in [-0.2, -0.15) is 5.10 Å². The Kier molecular flexibility index (Phi) is 6.33. The highest BCUT2D eigenvalue weighted by Crippen LogP contribution is 2.27. The van der Waals surface area contributed by atoms with Crippen LogP contribution in [-0.2, 0) is 4.79 Å². The van der Waals surface area contributed by atoms with E-state index in [4.69, 9.17) is 9.47 Å². The molecule has 0 saturated heterocycles. The minimum atomic E-state index is -1.27. The Hall–Kier alpha value is -2.86. The van der Waals surface area contributed by atoms with Crippen LogP contribution in [-0.4, -0.2) is 30.9 Å². The van der Waals surface area contributed by atoms with E-state index in [-0.39, 0.29) is 0 Å². The zero-order valence-electron chi connectivity index (χ0n) is 13.6. The maximum absolute atomic E-state index is 11.9. The van der Waals surface area contributed by atoms with E-state index >= 15 is 0 Å². The number of carbonyl (C=O) groups excluding carboxylic acids is 1. The molecule has 0 spiro atoms. The number of amides is 1. The number of aliphatic hydroxyl groups is 1. The maximum atomic E-state index is 11.9. The van der Waals surface area contributed by atoms with Crippen LogP contribution in [0.5, 0.6) is 11.5 Å². The van der Waals surface area contributed by atoms with Crippen molar-refractivity contribution in [3.63, 3.8) is 0 Å². The minimum Gasteiger partial charge on any atom is -0.493 e. The Morgan fingerprint density at radius 3 is 2.67 bits per heavy atom. The summed E-state index contributed by atoms with van der Waals surface area (Å²) in [5.74, 6) is 0.618. The van der Waals surface area contributed by atoms with E-state index in [0.717, 1.165) is 5.56 Å². The molecule has 6 nitrogen and oxygen atoms in total. The summed E-state index contributed by atoms with van der Waals surface area (Å²) in [5, 5.41) is 13.8. The molecule has 0 heterocycles. The van der Waals surface area contributed by atoms with Gasteiger partial charge in [-0.25, -0.2) is 5.43 Å². The first kappa shape index (κ1) is 17.5. The smallest absolute Gasteiger partial charge is 0.273 e. The summed E-state index contributed by atoms with van der Waals surface area (Å²) in [6.07, 6.45) is 0.201. The Bertz CT molecular complexity index is 701. The molecule has 0 unspecified atom stereocenters. The number of hydrogen-bond acceptors (Lipinski definition) is 5. The van der Waals surface area contributed by atoms with Crippen molar-refractivity contribution in [1.82, 2.24) is 5.43 Å². The van der Waals surface area contributed by atoms with E-state index in [0.29, 0.717) is 23.7 Å². The molecule has 0 aliphatic heterocycles. The summed E-state index contributed by atoms with van der Waals surface area (Å²) in [4.78, 5) is 11.9. The summed E-state index contributed by atoms with van der Waals surface area (Å²) >= 11 is 0. The van der Waals surface area contributed by atoms with Gasteiger partial charge in [0.2, 0.25) is 0 Å². The number of hydrogen-bond donors (Lipinski definition) is 2. The largest absolute Gasteiger partial charge is 0.493 e. The number of carbonyl (C=O) groups is 1. The van der Waals surface area contributed by atoms with Gasteiger partial charge in [0.05, 0.1) is 19.9 Å². The first-order valence-electron chi connectivity index (χ1n) is 7.52. The third-order valence-electron chi connectivity index (χ3n) is 3.24. The molecule has 2 aromatic rings. The lowest BCUT2D eigenvalue weighted by Gasteiger charge is -2.10. The number of ether oxygens (including phenoxy) is 2. The van der Waals surface area contributed by atoms with Crippen molar-refractivity contribution in [3.05, 3.63) is 59.7 Å². The number of nitrogens with one attached hydrogen (secondary N) is 1. The molecule has 0 aliphatic rings. The average molecular weight is 328 g/mol. The fraction of sp³-hybridized carbons (Fsp3) is 0.222. The van der Waals surface area contributed by atoms with Gasteiger partial charge in [0.1, 0.15) is 0 Å². The number of nitrogens with zero attached hydrogens (tertiary/aromatic N) is 1. The van der Waals surface area contributed by atoms with Gasteiger partial charge in [-0.1, -0.05) is 30.3 Å². The zero-order valence-corrected chi connectivity index (χ0v) is 13.6. The SMILES string of the molecule is CCOc1ccc(/C=N\NC(=O)[C@@H](O)c2ccccc2)cc1OC. The molecule has 2 N–H and O–H groups in total. The van der Waals surface area contributed by atoms with Gasteiger partial charge in [0.25, 0.3) is 5.91 Å². The number of rotatable bonds is 7. The number of benzene rings is 2. The van der Waals surface area contributed by atoms with Crippen LogP contribution in [0.1, 0.15) is 24.2 Å². The van der Waals surface area contributed by atoms with E-state index in [1.807, 2.05) is 13.0 Å². The maximum Gasteiger partial charge on any atom is 0.273 e. The second-order valence-electron chi connectivity index (χ2n) is 4.89. The molecular weight excluding hydrogens is 308 g/mol. The highest BCUT2D eigenvalue weighted by Gasteiger charge is 2.15.